The van der Waals surface area contributed by atoms with Crippen molar-refractivity contribution in [3.8, 4) is 0 Å². The van der Waals surface area contributed by atoms with Crippen molar-refractivity contribution in [2.75, 3.05) is 13.1 Å². The van der Waals surface area contributed by atoms with Gasteiger partial charge in [0.25, 0.3) is 0 Å². The number of carboxylic acid groups (broad SMARTS) is 1. The Morgan fingerprint density at radius 2 is 1.91 bits per heavy atom. The quantitative estimate of drug-likeness (QED) is 0.798. The molecule has 2 N–H and O–H groups in total. The number of piperidine rings is 1. The summed E-state index contributed by atoms with van der Waals surface area (Å²) in [5.41, 5.74) is 0. The van der Waals surface area contributed by atoms with Crippen LogP contribution in [0.25, 0.3) is 0 Å². The first-order valence-electron chi connectivity index (χ1n) is 7.49. The second-order valence-electron chi connectivity index (χ2n) is 5.38. The molecule has 8 heteroatoms. The molecule has 1 aromatic carbocycles. The van der Waals surface area contributed by atoms with Gasteiger partial charge in [-0.05, 0) is 25.0 Å². The SMILES string of the molecule is O=C(O)CCNC(=O)C1CCCCN1S(=O)(=O)c1ccccc1. The fourth-order valence-electron chi connectivity index (χ4n) is 2.59. The van der Waals surface area contributed by atoms with Crippen LogP contribution in [0.2, 0.25) is 0 Å². The van der Waals surface area contributed by atoms with Crippen molar-refractivity contribution in [3.63, 3.8) is 0 Å². The van der Waals surface area contributed by atoms with Crippen molar-refractivity contribution < 1.29 is 23.1 Å². The highest BCUT2D eigenvalue weighted by Gasteiger charge is 2.37. The summed E-state index contributed by atoms with van der Waals surface area (Å²) in [5, 5.41) is 11.1. The highest BCUT2D eigenvalue weighted by atomic mass is 32.2. The summed E-state index contributed by atoms with van der Waals surface area (Å²) >= 11 is 0. The van der Waals surface area contributed by atoms with E-state index in [0.717, 1.165) is 6.42 Å². The van der Waals surface area contributed by atoms with Gasteiger partial charge in [0.05, 0.1) is 11.3 Å². The van der Waals surface area contributed by atoms with Crippen LogP contribution < -0.4 is 5.32 Å². The molecule has 1 atom stereocenters. The van der Waals surface area contributed by atoms with Crippen LogP contribution in [0.4, 0.5) is 0 Å². The molecule has 2 rings (SSSR count). The number of nitrogens with zero attached hydrogens (tertiary/aromatic N) is 1. The van der Waals surface area contributed by atoms with Crippen LogP contribution in [0, 0.1) is 0 Å². The largest absolute Gasteiger partial charge is 0.481 e. The zero-order valence-electron chi connectivity index (χ0n) is 12.6. The van der Waals surface area contributed by atoms with Crippen molar-refractivity contribution in [1.82, 2.24) is 9.62 Å². The molecule has 0 bridgehead atoms. The van der Waals surface area contributed by atoms with Gasteiger partial charge in [-0.15, -0.1) is 0 Å². The molecule has 1 aromatic rings. The van der Waals surface area contributed by atoms with E-state index in [-0.39, 0.29) is 24.4 Å². The second kappa shape index (κ2) is 7.56. The molecule has 126 valence electrons. The molecule has 1 fully saturated rings. The van der Waals surface area contributed by atoms with E-state index in [9.17, 15) is 18.0 Å². The third kappa shape index (κ3) is 4.29. The van der Waals surface area contributed by atoms with Gasteiger partial charge in [0.2, 0.25) is 15.9 Å². The van der Waals surface area contributed by atoms with E-state index in [4.69, 9.17) is 5.11 Å². The zero-order valence-corrected chi connectivity index (χ0v) is 13.5. The summed E-state index contributed by atoms with van der Waals surface area (Å²) in [7, 11) is -3.74. The van der Waals surface area contributed by atoms with Crippen molar-refractivity contribution in [2.45, 2.75) is 36.6 Å². The van der Waals surface area contributed by atoms with Crippen molar-refractivity contribution in [3.05, 3.63) is 30.3 Å². The van der Waals surface area contributed by atoms with E-state index < -0.39 is 27.9 Å². The van der Waals surface area contributed by atoms with E-state index in [1.807, 2.05) is 0 Å². The molecule has 0 saturated carbocycles. The Labute approximate surface area is 135 Å². The van der Waals surface area contributed by atoms with Crippen LogP contribution in [0.5, 0.6) is 0 Å². The zero-order chi connectivity index (χ0) is 16.9. The second-order valence-corrected chi connectivity index (χ2v) is 7.27. The van der Waals surface area contributed by atoms with E-state index in [2.05, 4.69) is 5.32 Å². The highest BCUT2D eigenvalue weighted by molar-refractivity contribution is 7.89. The number of carbonyl (C=O) groups is 2. The van der Waals surface area contributed by atoms with Crippen molar-refractivity contribution in [2.24, 2.45) is 0 Å². The van der Waals surface area contributed by atoms with Crippen LogP contribution in [0.15, 0.2) is 35.2 Å². The van der Waals surface area contributed by atoms with Crippen molar-refractivity contribution in [1.29, 1.82) is 0 Å². The summed E-state index contributed by atoms with van der Waals surface area (Å²) in [5.74, 6) is -1.45. The third-order valence-electron chi connectivity index (χ3n) is 3.74. The number of sulfonamides is 1. The van der Waals surface area contributed by atoms with E-state index in [1.165, 1.54) is 16.4 Å². The first-order chi connectivity index (χ1) is 10.9. The van der Waals surface area contributed by atoms with Gasteiger partial charge in [-0.1, -0.05) is 24.6 Å². The van der Waals surface area contributed by atoms with Crippen LogP contribution in [-0.4, -0.2) is 48.8 Å². The van der Waals surface area contributed by atoms with Crippen molar-refractivity contribution >= 4 is 21.9 Å². The average molecular weight is 340 g/mol. The standard InChI is InChI=1S/C15H20N2O5S/c18-14(19)9-10-16-15(20)13-8-4-5-11-17(13)23(21,22)12-6-2-1-3-7-12/h1-3,6-7,13H,4-5,8-11H2,(H,16,20)(H,18,19). The molecule has 0 aromatic heterocycles. The molecule has 23 heavy (non-hydrogen) atoms. The number of nitrogens with one attached hydrogen (secondary N) is 1. The number of benzene rings is 1. The normalized spacial score (nSPS) is 19.2. The maximum absolute atomic E-state index is 12.7. The fourth-order valence-corrected chi connectivity index (χ4v) is 4.27. The fraction of sp³-hybridized carbons (Fsp3) is 0.467. The van der Waals surface area contributed by atoms with E-state index in [0.29, 0.717) is 12.8 Å². The maximum atomic E-state index is 12.7. The molecule has 1 amide bonds. The lowest BCUT2D eigenvalue weighted by molar-refractivity contribution is -0.137. The predicted molar refractivity (Wildman–Crippen MR) is 83.2 cm³/mol. The van der Waals surface area contributed by atoms with Gasteiger partial charge in [-0.2, -0.15) is 4.31 Å². The number of carboxylic acids is 1. The Morgan fingerprint density at radius 3 is 2.57 bits per heavy atom. The van der Waals surface area contributed by atoms with Gasteiger partial charge >= 0.3 is 5.97 Å². The molecule has 1 unspecified atom stereocenters. The number of hydrogen-bond donors (Lipinski definition) is 2. The molecule has 1 heterocycles. The van der Waals surface area contributed by atoms with Crippen LogP contribution in [0.3, 0.4) is 0 Å². The molecule has 1 aliphatic rings. The Morgan fingerprint density at radius 1 is 1.22 bits per heavy atom. The summed E-state index contributed by atoms with van der Waals surface area (Å²) < 4.78 is 26.7. The van der Waals surface area contributed by atoms with Gasteiger partial charge in [0.1, 0.15) is 6.04 Å². The average Bonchev–Trinajstić information content (AvgIpc) is 2.55. The number of amides is 1. The highest BCUT2D eigenvalue weighted by Crippen LogP contribution is 2.25. The summed E-state index contributed by atoms with van der Waals surface area (Å²) in [4.78, 5) is 22.9. The molecule has 0 aliphatic carbocycles. The van der Waals surface area contributed by atoms with E-state index >= 15 is 0 Å². The number of aliphatic carboxylic acids is 1. The lowest BCUT2D eigenvalue weighted by Crippen LogP contribution is -2.52. The number of carbonyl (C=O) groups excluding carboxylic acids is 1. The first-order valence-corrected chi connectivity index (χ1v) is 8.93. The molecule has 7 nitrogen and oxygen atoms in total. The lowest BCUT2D eigenvalue weighted by Gasteiger charge is -2.33. The minimum Gasteiger partial charge on any atom is -0.481 e. The maximum Gasteiger partial charge on any atom is 0.305 e. The minimum absolute atomic E-state index is 0.0100. The number of rotatable bonds is 6. The van der Waals surface area contributed by atoms with E-state index in [1.54, 1.807) is 18.2 Å². The smallest absolute Gasteiger partial charge is 0.305 e. The molecule has 0 radical (unpaired) electrons. The minimum atomic E-state index is -3.74. The van der Waals surface area contributed by atoms with Crippen LogP contribution in [0.1, 0.15) is 25.7 Å². The molecule has 1 aliphatic heterocycles. The van der Waals surface area contributed by atoms with Gasteiger partial charge in [0, 0.05) is 13.1 Å². The van der Waals surface area contributed by atoms with Gasteiger partial charge in [0.15, 0.2) is 0 Å². The first kappa shape index (κ1) is 17.4. The molecular formula is C15H20N2O5S. The lowest BCUT2D eigenvalue weighted by atomic mass is 10.0. The molecule has 0 spiro atoms. The molecular weight excluding hydrogens is 320 g/mol. The van der Waals surface area contributed by atoms with Crippen LogP contribution in [-0.2, 0) is 19.6 Å². The summed E-state index contributed by atoms with van der Waals surface area (Å²) in [6.07, 6.45) is 1.71. The summed E-state index contributed by atoms with van der Waals surface area (Å²) in [6.45, 7) is 0.276. The van der Waals surface area contributed by atoms with Gasteiger partial charge in [-0.3, -0.25) is 9.59 Å². The molecule has 1 saturated heterocycles. The monoisotopic (exact) mass is 340 g/mol. The third-order valence-corrected chi connectivity index (χ3v) is 5.67. The topological polar surface area (TPSA) is 104 Å². The summed E-state index contributed by atoms with van der Waals surface area (Å²) in [6, 6.07) is 7.22. The number of hydrogen-bond acceptors (Lipinski definition) is 4. The van der Waals surface area contributed by atoms with Gasteiger partial charge in [-0.25, -0.2) is 8.42 Å². The van der Waals surface area contributed by atoms with Crippen LogP contribution >= 0.6 is 0 Å². The van der Waals surface area contributed by atoms with Gasteiger partial charge < -0.3 is 10.4 Å². The Kier molecular flexibility index (Phi) is 5.73. The Bertz CT molecular complexity index is 660. The Balaban J connectivity index is 2.15. The predicted octanol–water partition coefficient (Wildman–Crippen LogP) is 0.821. The Hall–Kier alpha value is -1.93.